The Labute approximate surface area is 173 Å². The number of aromatic nitrogens is 1. The van der Waals surface area contributed by atoms with Gasteiger partial charge in [0.1, 0.15) is 6.61 Å². The molecule has 0 saturated heterocycles. The van der Waals surface area contributed by atoms with E-state index in [2.05, 4.69) is 52.0 Å². The Kier molecular flexibility index (Phi) is 5.16. The first-order valence-electron chi connectivity index (χ1n) is 10.5. The van der Waals surface area contributed by atoms with Crippen LogP contribution in [-0.4, -0.2) is 11.0 Å². The van der Waals surface area contributed by atoms with Crippen LogP contribution in [0.25, 0.3) is 10.9 Å². The average Bonchev–Trinajstić information content (AvgIpc) is 2.70. The van der Waals surface area contributed by atoms with Crippen LogP contribution in [0.3, 0.4) is 0 Å². The van der Waals surface area contributed by atoms with Crippen LogP contribution in [0, 0.1) is 5.92 Å². The highest BCUT2D eigenvalue weighted by Gasteiger charge is 2.26. The maximum Gasteiger partial charge on any atom is 0.339 e. The number of benzene rings is 2. The van der Waals surface area contributed by atoms with Gasteiger partial charge in [0.2, 0.25) is 0 Å². The third-order valence-corrected chi connectivity index (χ3v) is 5.90. The van der Waals surface area contributed by atoms with Gasteiger partial charge in [-0.05, 0) is 53.4 Å². The van der Waals surface area contributed by atoms with Crippen molar-refractivity contribution >= 4 is 16.9 Å². The molecule has 0 amide bonds. The zero-order chi connectivity index (χ0) is 20.6. The Bertz CT molecular complexity index is 1040. The molecule has 4 rings (SSSR count). The molecule has 0 bridgehead atoms. The number of fused-ring (bicyclic) bond motifs is 2. The number of carbonyl (C=O) groups excluding carboxylic acids is 1. The van der Waals surface area contributed by atoms with Crippen molar-refractivity contribution in [3.8, 4) is 0 Å². The minimum atomic E-state index is -0.242. The molecule has 0 aliphatic heterocycles. The van der Waals surface area contributed by atoms with Crippen molar-refractivity contribution in [3.05, 3.63) is 76.5 Å². The van der Waals surface area contributed by atoms with Gasteiger partial charge >= 0.3 is 5.97 Å². The van der Waals surface area contributed by atoms with Crippen molar-refractivity contribution in [3.63, 3.8) is 0 Å². The van der Waals surface area contributed by atoms with Crippen LogP contribution >= 0.6 is 0 Å². The normalized spacial score (nSPS) is 16.5. The molecule has 1 unspecified atom stereocenters. The van der Waals surface area contributed by atoms with Gasteiger partial charge in [-0.25, -0.2) is 4.79 Å². The number of ether oxygens (including phenoxy) is 1. The number of pyridine rings is 1. The van der Waals surface area contributed by atoms with Crippen molar-refractivity contribution in [2.75, 3.05) is 0 Å². The highest BCUT2D eigenvalue weighted by molar-refractivity contribution is 6.05. The molecule has 1 heterocycles. The highest BCUT2D eigenvalue weighted by Crippen LogP contribution is 2.32. The third-order valence-electron chi connectivity index (χ3n) is 5.90. The van der Waals surface area contributed by atoms with Crippen LogP contribution in [0.5, 0.6) is 0 Å². The zero-order valence-corrected chi connectivity index (χ0v) is 17.8. The van der Waals surface area contributed by atoms with E-state index >= 15 is 0 Å². The molecule has 3 heteroatoms. The minimum absolute atomic E-state index is 0.112. The molecule has 3 aromatic rings. The fraction of sp³-hybridized carbons (Fsp3) is 0.385. The molecule has 1 aliphatic rings. The Morgan fingerprint density at radius 3 is 2.55 bits per heavy atom. The van der Waals surface area contributed by atoms with E-state index in [1.54, 1.807) is 0 Å². The highest BCUT2D eigenvalue weighted by atomic mass is 16.5. The fourth-order valence-corrected chi connectivity index (χ4v) is 4.12. The van der Waals surface area contributed by atoms with Gasteiger partial charge in [-0.15, -0.1) is 0 Å². The Balaban J connectivity index is 1.62. The summed E-state index contributed by atoms with van der Waals surface area (Å²) in [4.78, 5) is 18.0. The largest absolute Gasteiger partial charge is 0.457 e. The molecule has 0 N–H and O–H groups in total. The van der Waals surface area contributed by atoms with Crippen molar-refractivity contribution < 1.29 is 9.53 Å². The summed E-state index contributed by atoms with van der Waals surface area (Å²) in [5.41, 5.74) is 6.12. The summed E-state index contributed by atoms with van der Waals surface area (Å²) in [6, 6.07) is 16.2. The third kappa shape index (κ3) is 4.05. The lowest BCUT2D eigenvalue weighted by atomic mass is 9.84. The first-order chi connectivity index (χ1) is 13.8. The molecule has 0 saturated carbocycles. The number of nitrogens with zero attached hydrogens (tertiary/aromatic N) is 1. The number of carbonyl (C=O) groups is 1. The topological polar surface area (TPSA) is 39.2 Å². The summed E-state index contributed by atoms with van der Waals surface area (Å²) >= 11 is 0. The smallest absolute Gasteiger partial charge is 0.339 e. The van der Waals surface area contributed by atoms with Crippen LogP contribution in [0.2, 0.25) is 0 Å². The second-order valence-electron chi connectivity index (χ2n) is 9.30. The molecule has 1 aliphatic carbocycles. The van der Waals surface area contributed by atoms with E-state index in [1.807, 2.05) is 24.3 Å². The van der Waals surface area contributed by atoms with E-state index in [4.69, 9.17) is 9.72 Å². The number of hydrogen-bond donors (Lipinski definition) is 0. The molecule has 29 heavy (non-hydrogen) atoms. The summed E-state index contributed by atoms with van der Waals surface area (Å²) in [6.07, 6.45) is 2.93. The van der Waals surface area contributed by atoms with Gasteiger partial charge in [0.25, 0.3) is 0 Å². The number of rotatable bonds is 3. The van der Waals surface area contributed by atoms with Gasteiger partial charge < -0.3 is 4.74 Å². The molecule has 3 nitrogen and oxygen atoms in total. The predicted molar refractivity (Wildman–Crippen MR) is 117 cm³/mol. The number of esters is 1. The lowest BCUT2D eigenvalue weighted by Gasteiger charge is -2.24. The number of hydrogen-bond acceptors (Lipinski definition) is 3. The van der Waals surface area contributed by atoms with Gasteiger partial charge in [0.15, 0.2) is 0 Å². The van der Waals surface area contributed by atoms with Gasteiger partial charge in [0, 0.05) is 11.1 Å². The molecule has 0 fully saturated rings. The summed E-state index contributed by atoms with van der Waals surface area (Å²) in [7, 11) is 0. The van der Waals surface area contributed by atoms with E-state index < -0.39 is 0 Å². The molecular formula is C26H29NO2. The fourth-order valence-electron chi connectivity index (χ4n) is 4.12. The van der Waals surface area contributed by atoms with Crippen molar-refractivity contribution in [2.45, 2.75) is 59.0 Å². The minimum Gasteiger partial charge on any atom is -0.457 e. The van der Waals surface area contributed by atoms with Gasteiger partial charge in [-0.1, -0.05) is 70.2 Å². The molecule has 2 aromatic carbocycles. The zero-order valence-electron chi connectivity index (χ0n) is 17.8. The Hall–Kier alpha value is -2.68. The molecular weight excluding hydrogens is 358 g/mol. The van der Waals surface area contributed by atoms with Gasteiger partial charge in [-0.3, -0.25) is 4.98 Å². The van der Waals surface area contributed by atoms with Crippen LogP contribution in [0.1, 0.15) is 66.9 Å². The van der Waals surface area contributed by atoms with Crippen LogP contribution < -0.4 is 0 Å². The van der Waals surface area contributed by atoms with Crippen LogP contribution in [-0.2, 0) is 29.6 Å². The van der Waals surface area contributed by atoms with Crippen LogP contribution in [0.15, 0.2) is 48.5 Å². The lowest BCUT2D eigenvalue weighted by molar-refractivity contribution is 0.0473. The van der Waals surface area contributed by atoms with E-state index in [9.17, 15) is 4.79 Å². The molecule has 150 valence electrons. The number of aryl methyl sites for hydroxylation is 1. The van der Waals surface area contributed by atoms with E-state index in [1.165, 1.54) is 5.56 Å². The maximum absolute atomic E-state index is 13.2. The SMILES string of the molecule is CC1CCc2nc3ccccc3c(C(=O)OCc3ccc(C(C)(C)C)cc3)c2C1. The molecule has 1 aromatic heterocycles. The molecule has 0 radical (unpaired) electrons. The predicted octanol–water partition coefficient (Wildman–Crippen LogP) is 6.01. The first-order valence-corrected chi connectivity index (χ1v) is 10.5. The van der Waals surface area contributed by atoms with Gasteiger partial charge in [0.05, 0.1) is 11.1 Å². The monoisotopic (exact) mass is 387 g/mol. The summed E-state index contributed by atoms with van der Waals surface area (Å²) in [6.45, 7) is 9.11. The van der Waals surface area contributed by atoms with E-state index in [0.717, 1.165) is 47.0 Å². The van der Waals surface area contributed by atoms with Crippen molar-refractivity contribution in [2.24, 2.45) is 5.92 Å². The van der Waals surface area contributed by atoms with E-state index in [0.29, 0.717) is 11.5 Å². The Morgan fingerprint density at radius 1 is 1.10 bits per heavy atom. The quantitative estimate of drug-likeness (QED) is 0.516. The van der Waals surface area contributed by atoms with E-state index in [-0.39, 0.29) is 18.0 Å². The number of para-hydroxylation sites is 1. The summed E-state index contributed by atoms with van der Waals surface area (Å²) in [5.74, 6) is 0.316. The summed E-state index contributed by atoms with van der Waals surface area (Å²) < 4.78 is 5.78. The lowest BCUT2D eigenvalue weighted by Crippen LogP contribution is -2.19. The molecule has 0 spiro atoms. The average molecular weight is 388 g/mol. The van der Waals surface area contributed by atoms with Crippen molar-refractivity contribution in [1.29, 1.82) is 0 Å². The standard InChI is InChI=1S/C26H29NO2/c1-17-9-14-23-21(15-17)24(20-7-5-6-8-22(20)27-23)25(28)29-16-18-10-12-19(13-11-18)26(2,3)4/h5-8,10-13,17H,9,14-16H2,1-4H3. The first kappa shape index (κ1) is 19.6. The Morgan fingerprint density at radius 2 is 1.83 bits per heavy atom. The second-order valence-corrected chi connectivity index (χ2v) is 9.30. The van der Waals surface area contributed by atoms with Gasteiger partial charge in [-0.2, -0.15) is 0 Å². The van der Waals surface area contributed by atoms with Crippen LogP contribution in [0.4, 0.5) is 0 Å². The second kappa shape index (κ2) is 7.62. The molecule has 1 atom stereocenters. The summed E-state index contributed by atoms with van der Waals surface area (Å²) in [5, 5.41) is 0.897. The maximum atomic E-state index is 13.2. The van der Waals surface area contributed by atoms with Crippen molar-refractivity contribution in [1.82, 2.24) is 4.98 Å².